The van der Waals surface area contributed by atoms with E-state index in [-0.39, 0.29) is 29.4 Å². The van der Waals surface area contributed by atoms with E-state index < -0.39 is 29.8 Å². The molecule has 0 aliphatic carbocycles. The Balaban J connectivity index is 0.000000415. The zero-order chi connectivity index (χ0) is 29.4. The zero-order valence-corrected chi connectivity index (χ0v) is 21.9. The summed E-state index contributed by atoms with van der Waals surface area (Å²) in [5.41, 5.74) is 12.3. The van der Waals surface area contributed by atoms with E-state index in [4.69, 9.17) is 11.5 Å². The molecule has 12 heteroatoms. The third kappa shape index (κ3) is 7.58. The molecule has 4 rings (SSSR count). The highest BCUT2D eigenvalue weighted by molar-refractivity contribution is 5.96. The number of amides is 2. The number of primary amides is 1. The number of nitrogen functional groups attached to an aromatic ring is 1. The predicted molar refractivity (Wildman–Crippen MR) is 147 cm³/mol. The summed E-state index contributed by atoms with van der Waals surface area (Å²) in [5, 5.41) is 16.1. The number of nitrogens with two attached hydrogens (primary N) is 2. The smallest absolute Gasteiger partial charge is 0.381 e. The lowest BCUT2D eigenvalue weighted by molar-refractivity contribution is -0.138. The minimum atomic E-state index is -4.54. The van der Waals surface area contributed by atoms with Crippen molar-refractivity contribution in [2.45, 2.75) is 38.6 Å². The highest BCUT2D eigenvalue weighted by Gasteiger charge is 2.35. The number of alkyl halides is 3. The number of aromatic amines is 1. The summed E-state index contributed by atoms with van der Waals surface area (Å²) in [6.45, 7) is 3.71. The molecule has 0 saturated heterocycles. The Kier molecular flexibility index (Phi) is 9.86. The Morgan fingerprint density at radius 3 is 2.33 bits per heavy atom. The molecule has 0 fully saturated rings. The van der Waals surface area contributed by atoms with Crippen LogP contribution in [0.1, 0.15) is 46.9 Å². The van der Waals surface area contributed by atoms with E-state index in [9.17, 15) is 27.9 Å². The monoisotopic (exact) mass is 556 g/mol. The first-order valence-electron chi connectivity index (χ1n) is 12.5. The molecule has 0 radical (unpaired) electrons. The number of rotatable bonds is 8. The third-order valence-corrected chi connectivity index (χ3v) is 6.01. The van der Waals surface area contributed by atoms with Gasteiger partial charge in [-0.05, 0) is 60.5 Å². The van der Waals surface area contributed by atoms with Gasteiger partial charge in [-0.25, -0.2) is 4.98 Å². The summed E-state index contributed by atoms with van der Waals surface area (Å²) in [6.07, 6.45) is -5.95. The maximum absolute atomic E-state index is 13.5. The van der Waals surface area contributed by atoms with Gasteiger partial charge in [0.2, 0.25) is 5.91 Å². The molecule has 3 aromatic carbocycles. The molecule has 0 bridgehead atoms. The second kappa shape index (κ2) is 13.1. The van der Waals surface area contributed by atoms with E-state index in [0.29, 0.717) is 28.8 Å². The van der Waals surface area contributed by atoms with Gasteiger partial charge in [-0.1, -0.05) is 44.2 Å². The van der Waals surface area contributed by atoms with Gasteiger partial charge in [0.25, 0.3) is 5.91 Å². The van der Waals surface area contributed by atoms with E-state index in [1.54, 1.807) is 56.3 Å². The maximum atomic E-state index is 13.5. The summed E-state index contributed by atoms with van der Waals surface area (Å²) >= 11 is 0. The van der Waals surface area contributed by atoms with E-state index >= 15 is 0 Å². The number of anilines is 2. The molecular formula is C28H31F3N6O3. The molecule has 9 nitrogen and oxygen atoms in total. The number of aliphatic hydroxyl groups is 1. The Morgan fingerprint density at radius 1 is 1.05 bits per heavy atom. The van der Waals surface area contributed by atoms with E-state index in [2.05, 4.69) is 20.6 Å². The van der Waals surface area contributed by atoms with Crippen molar-refractivity contribution in [3.63, 3.8) is 0 Å². The Morgan fingerprint density at radius 2 is 1.75 bits per heavy atom. The van der Waals surface area contributed by atoms with Crippen molar-refractivity contribution >= 4 is 34.5 Å². The molecule has 1 heterocycles. The summed E-state index contributed by atoms with van der Waals surface area (Å²) in [4.78, 5) is 30.0. The van der Waals surface area contributed by atoms with Gasteiger partial charge in [-0.3, -0.25) is 9.59 Å². The Hall–Kier alpha value is -4.42. The fraction of sp³-hybridized carbons (Fsp3) is 0.250. The molecule has 2 atom stereocenters. The fourth-order valence-electron chi connectivity index (χ4n) is 4.07. The second-order valence-electron chi connectivity index (χ2n) is 8.82. The lowest BCUT2D eigenvalue weighted by Gasteiger charge is -2.25. The van der Waals surface area contributed by atoms with Crippen LogP contribution in [-0.4, -0.2) is 39.5 Å². The van der Waals surface area contributed by atoms with Gasteiger partial charge < -0.3 is 32.2 Å². The quantitative estimate of drug-likeness (QED) is 0.191. The first-order chi connectivity index (χ1) is 18.9. The summed E-state index contributed by atoms with van der Waals surface area (Å²) in [6, 6.07) is 16.4. The van der Waals surface area contributed by atoms with Crippen LogP contribution in [0.5, 0.6) is 0 Å². The molecule has 8 N–H and O–H groups in total. The highest BCUT2D eigenvalue weighted by atomic mass is 19.4. The van der Waals surface area contributed by atoms with Crippen LogP contribution in [0.3, 0.4) is 0 Å². The van der Waals surface area contributed by atoms with Crippen LogP contribution >= 0.6 is 0 Å². The largest absolute Gasteiger partial charge is 0.416 e. The number of hydrogen-bond acceptors (Lipinski definition) is 6. The molecular weight excluding hydrogens is 525 g/mol. The zero-order valence-electron chi connectivity index (χ0n) is 21.9. The number of aromatic nitrogens is 2. The number of imidazole rings is 1. The molecule has 40 heavy (non-hydrogen) atoms. The lowest BCUT2D eigenvalue weighted by Crippen LogP contribution is -2.40. The molecule has 1 aromatic heterocycles. The minimum absolute atomic E-state index is 0.151. The molecule has 0 aliphatic rings. The van der Waals surface area contributed by atoms with Crippen LogP contribution < -0.4 is 22.1 Å². The molecule has 2 unspecified atom stereocenters. The van der Waals surface area contributed by atoms with Crippen LogP contribution in [0.15, 0.2) is 66.7 Å². The number of hydrogen-bond donors (Lipinski definition) is 6. The number of aryl methyl sites for hydroxylation is 1. The third-order valence-electron chi connectivity index (χ3n) is 6.01. The number of benzene rings is 3. The number of likely N-dealkylation sites (N-methyl/N-ethyl adjacent to an activating group) is 1. The first-order valence-corrected chi connectivity index (χ1v) is 12.5. The molecule has 4 aromatic rings. The average Bonchev–Trinajstić information content (AvgIpc) is 3.30. The molecule has 2 amide bonds. The van der Waals surface area contributed by atoms with Gasteiger partial charge in [0, 0.05) is 11.3 Å². The summed E-state index contributed by atoms with van der Waals surface area (Å²) in [5.74, 6) is -0.914. The standard InChI is InChI=1S/C21H24F3N5O2.C7H7NO/c1-3-11-5-6-12(9-14(11)21(22,23)24)17(26-4-2)18(30)19(31)27-13-7-8-15-16(10-13)29-20(25)28-15;8-7(9)6-4-2-1-3-5-6/h5-10,17-18,26,30H,3-4H2,1-2H3,(H,27,31)(H3,25,28,29);1-5H,(H2,8,9). The van der Waals surface area contributed by atoms with Gasteiger partial charge in [-0.2, -0.15) is 13.2 Å². The molecule has 0 saturated carbocycles. The lowest BCUT2D eigenvalue weighted by atomic mass is 9.94. The number of carbonyl (C=O) groups excluding carboxylic acids is 2. The predicted octanol–water partition coefficient (Wildman–Crippen LogP) is 4.16. The number of aliphatic hydroxyl groups excluding tert-OH is 1. The second-order valence-corrected chi connectivity index (χ2v) is 8.82. The van der Waals surface area contributed by atoms with Gasteiger partial charge in [0.1, 0.15) is 0 Å². The molecule has 0 aliphatic heterocycles. The number of nitrogens with zero attached hydrogens (tertiary/aromatic N) is 1. The van der Waals surface area contributed by atoms with Crippen LogP contribution in [0, 0.1) is 0 Å². The number of H-pyrrole nitrogens is 1. The first kappa shape index (κ1) is 30.1. The van der Waals surface area contributed by atoms with Crippen LogP contribution in [-0.2, 0) is 17.4 Å². The number of halogens is 3. The summed E-state index contributed by atoms with van der Waals surface area (Å²) < 4.78 is 40.4. The van der Waals surface area contributed by atoms with Gasteiger partial charge in [-0.15, -0.1) is 0 Å². The van der Waals surface area contributed by atoms with Crippen molar-refractivity contribution in [2.75, 3.05) is 17.6 Å². The SMILES string of the molecule is CCNC(c1ccc(CC)c(C(F)(F)F)c1)C(O)C(=O)Nc1ccc2nc(N)[nH]c2c1.NC(=O)c1ccccc1. The van der Waals surface area contributed by atoms with Crippen molar-refractivity contribution < 1.29 is 27.9 Å². The highest BCUT2D eigenvalue weighted by Crippen LogP contribution is 2.34. The van der Waals surface area contributed by atoms with Crippen LogP contribution in [0.4, 0.5) is 24.8 Å². The maximum Gasteiger partial charge on any atom is 0.416 e. The Labute approximate surface area is 228 Å². The van der Waals surface area contributed by atoms with E-state index in [1.807, 2.05) is 6.07 Å². The van der Waals surface area contributed by atoms with Crippen molar-refractivity contribution in [1.29, 1.82) is 0 Å². The van der Waals surface area contributed by atoms with Crippen molar-refractivity contribution in [1.82, 2.24) is 15.3 Å². The average molecular weight is 557 g/mol. The topological polar surface area (TPSA) is 159 Å². The number of fused-ring (bicyclic) bond motifs is 1. The molecule has 0 spiro atoms. The van der Waals surface area contributed by atoms with Gasteiger partial charge >= 0.3 is 6.18 Å². The Bertz CT molecular complexity index is 1460. The molecule has 212 valence electrons. The van der Waals surface area contributed by atoms with Crippen LogP contribution in [0.25, 0.3) is 11.0 Å². The summed E-state index contributed by atoms with van der Waals surface area (Å²) in [7, 11) is 0. The van der Waals surface area contributed by atoms with Gasteiger partial charge in [0.05, 0.1) is 22.6 Å². The van der Waals surface area contributed by atoms with Crippen molar-refractivity contribution in [3.8, 4) is 0 Å². The fourth-order valence-corrected chi connectivity index (χ4v) is 4.07. The normalized spacial score (nSPS) is 12.8. The number of carbonyl (C=O) groups is 2. The van der Waals surface area contributed by atoms with Gasteiger partial charge in [0.15, 0.2) is 12.1 Å². The van der Waals surface area contributed by atoms with Crippen LogP contribution in [0.2, 0.25) is 0 Å². The van der Waals surface area contributed by atoms with Crippen molar-refractivity contribution in [3.05, 3.63) is 89.0 Å². The van der Waals surface area contributed by atoms with Crippen molar-refractivity contribution in [2.24, 2.45) is 5.73 Å². The van der Waals surface area contributed by atoms with E-state index in [0.717, 1.165) is 6.07 Å². The van der Waals surface area contributed by atoms with E-state index in [1.165, 1.54) is 12.1 Å². The number of nitrogens with one attached hydrogen (secondary N) is 3. The minimum Gasteiger partial charge on any atom is -0.381 e.